The van der Waals surface area contributed by atoms with E-state index in [-0.39, 0.29) is 35.8 Å². The van der Waals surface area contributed by atoms with E-state index < -0.39 is 0 Å². The second-order valence-corrected chi connectivity index (χ2v) is 8.38. The predicted octanol–water partition coefficient (Wildman–Crippen LogP) is 1.94. The summed E-state index contributed by atoms with van der Waals surface area (Å²) in [6.45, 7) is 5.89. The molecule has 0 unspecified atom stereocenters. The van der Waals surface area contributed by atoms with Crippen LogP contribution in [0.1, 0.15) is 57.7 Å². The summed E-state index contributed by atoms with van der Waals surface area (Å²) in [5.74, 6) is 0.713. The molecule has 1 aliphatic carbocycles. The molecule has 28 heavy (non-hydrogen) atoms. The van der Waals surface area contributed by atoms with Crippen LogP contribution in [0, 0.1) is 0 Å². The van der Waals surface area contributed by atoms with E-state index in [9.17, 15) is 9.59 Å². The van der Waals surface area contributed by atoms with Gasteiger partial charge in [-0.15, -0.1) is 0 Å². The minimum atomic E-state index is -0.379. The molecule has 2 aliphatic heterocycles. The molecule has 9 nitrogen and oxygen atoms in total. The van der Waals surface area contributed by atoms with Crippen molar-refractivity contribution in [2.24, 2.45) is 0 Å². The topological polar surface area (TPSA) is 109 Å². The van der Waals surface area contributed by atoms with Crippen LogP contribution in [-0.2, 0) is 14.3 Å². The van der Waals surface area contributed by atoms with Gasteiger partial charge in [0.1, 0.15) is 24.1 Å². The molecular formula is C19H29N5O4. The van der Waals surface area contributed by atoms with Crippen LogP contribution in [0.25, 0.3) is 0 Å². The van der Waals surface area contributed by atoms with Crippen molar-refractivity contribution >= 4 is 17.8 Å². The Balaban J connectivity index is 1.26. The van der Waals surface area contributed by atoms with Crippen molar-refractivity contribution in [3.8, 4) is 0 Å². The molecule has 1 aromatic rings. The molecule has 0 spiro atoms. The van der Waals surface area contributed by atoms with Crippen LogP contribution in [0.15, 0.2) is 6.07 Å². The molecule has 0 aromatic carbocycles. The van der Waals surface area contributed by atoms with Gasteiger partial charge in [0.05, 0.1) is 12.3 Å². The highest BCUT2D eigenvalue weighted by Gasteiger charge is 2.40. The SMILES string of the molecule is C[C@@H](Nc1cc([C@H]2C[C@@H](OC(=O)NC3(C)CC3)CO2)[nH]n1)C(=O)N1CCCC1. The highest BCUT2D eigenvalue weighted by molar-refractivity contribution is 5.84. The zero-order valence-electron chi connectivity index (χ0n) is 16.5. The lowest BCUT2D eigenvalue weighted by atomic mass is 10.1. The number of ether oxygens (including phenoxy) is 2. The third-order valence-electron chi connectivity index (χ3n) is 5.73. The Morgan fingerprint density at radius 2 is 2.14 bits per heavy atom. The molecule has 3 heterocycles. The van der Waals surface area contributed by atoms with Gasteiger partial charge in [0.25, 0.3) is 0 Å². The minimum absolute atomic E-state index is 0.0942. The van der Waals surface area contributed by atoms with E-state index >= 15 is 0 Å². The number of nitrogens with one attached hydrogen (secondary N) is 3. The Morgan fingerprint density at radius 1 is 1.39 bits per heavy atom. The van der Waals surface area contributed by atoms with E-state index in [2.05, 4.69) is 20.8 Å². The fraction of sp³-hybridized carbons (Fsp3) is 0.737. The Bertz CT molecular complexity index is 726. The molecule has 2 saturated heterocycles. The van der Waals surface area contributed by atoms with Crippen LogP contribution in [0.2, 0.25) is 0 Å². The van der Waals surface area contributed by atoms with Gasteiger partial charge in [-0.1, -0.05) is 0 Å². The standard InChI is InChI=1S/C19H29N5O4/c1-12(17(25)24-7-3-4-8-24)20-16-10-14(22-23-16)15-9-13(11-27-15)28-18(26)21-19(2)5-6-19/h10,12-13,15H,3-9,11H2,1-2H3,(H,21,26)(H2,20,22,23)/t12-,13-,15-/m1/s1. The molecule has 9 heteroatoms. The number of amides is 2. The number of alkyl carbamates (subject to hydrolysis) is 1. The minimum Gasteiger partial charge on any atom is -0.444 e. The first-order valence-corrected chi connectivity index (χ1v) is 10.1. The summed E-state index contributed by atoms with van der Waals surface area (Å²) in [5.41, 5.74) is 0.715. The fourth-order valence-corrected chi connectivity index (χ4v) is 3.71. The number of likely N-dealkylation sites (tertiary alicyclic amines) is 1. The Hall–Kier alpha value is -2.29. The molecule has 3 N–H and O–H groups in total. The summed E-state index contributed by atoms with van der Waals surface area (Å²) >= 11 is 0. The number of rotatable bonds is 6. The number of hydrogen-bond donors (Lipinski definition) is 3. The number of hydrogen-bond acceptors (Lipinski definition) is 6. The lowest BCUT2D eigenvalue weighted by Gasteiger charge is -2.20. The first-order chi connectivity index (χ1) is 13.4. The second-order valence-electron chi connectivity index (χ2n) is 8.38. The monoisotopic (exact) mass is 391 g/mol. The Morgan fingerprint density at radius 3 is 2.86 bits per heavy atom. The van der Waals surface area contributed by atoms with Gasteiger partial charge in [0, 0.05) is 31.1 Å². The molecule has 3 atom stereocenters. The number of carbonyl (C=O) groups excluding carboxylic acids is 2. The third-order valence-corrected chi connectivity index (χ3v) is 5.73. The van der Waals surface area contributed by atoms with Gasteiger partial charge in [0.2, 0.25) is 5.91 Å². The third kappa shape index (κ3) is 4.40. The maximum Gasteiger partial charge on any atom is 0.407 e. The van der Waals surface area contributed by atoms with E-state index in [1.165, 1.54) is 0 Å². The molecule has 1 saturated carbocycles. The number of anilines is 1. The number of H-pyrrole nitrogens is 1. The highest BCUT2D eigenvalue weighted by Crippen LogP contribution is 2.35. The fourth-order valence-electron chi connectivity index (χ4n) is 3.71. The summed E-state index contributed by atoms with van der Waals surface area (Å²) in [7, 11) is 0. The summed E-state index contributed by atoms with van der Waals surface area (Å²) in [6.07, 6.45) is 3.85. The average Bonchev–Trinajstić information content (AvgIpc) is 3.16. The number of aromatic nitrogens is 2. The van der Waals surface area contributed by atoms with Crippen LogP contribution in [0.5, 0.6) is 0 Å². The van der Waals surface area contributed by atoms with Gasteiger partial charge in [-0.2, -0.15) is 5.10 Å². The lowest BCUT2D eigenvalue weighted by Crippen LogP contribution is -2.39. The molecule has 154 valence electrons. The zero-order valence-corrected chi connectivity index (χ0v) is 16.5. The maximum absolute atomic E-state index is 12.4. The van der Waals surface area contributed by atoms with Crippen molar-refractivity contribution in [2.45, 2.75) is 69.7 Å². The number of carbonyl (C=O) groups is 2. The summed E-state index contributed by atoms with van der Waals surface area (Å²) in [6, 6.07) is 1.52. The van der Waals surface area contributed by atoms with Crippen LogP contribution in [-0.4, -0.2) is 64.5 Å². The quantitative estimate of drug-likeness (QED) is 0.684. The van der Waals surface area contributed by atoms with Crippen LogP contribution < -0.4 is 10.6 Å². The second kappa shape index (κ2) is 7.62. The predicted molar refractivity (Wildman–Crippen MR) is 102 cm³/mol. The molecule has 0 radical (unpaired) electrons. The largest absolute Gasteiger partial charge is 0.444 e. The average molecular weight is 391 g/mol. The Labute approximate surface area is 164 Å². The van der Waals surface area contributed by atoms with Crippen LogP contribution in [0.4, 0.5) is 10.6 Å². The normalized spacial score (nSPS) is 26.7. The maximum atomic E-state index is 12.4. The van der Waals surface area contributed by atoms with Gasteiger partial charge in [-0.3, -0.25) is 9.89 Å². The van der Waals surface area contributed by atoms with E-state index in [1.54, 1.807) is 0 Å². The van der Waals surface area contributed by atoms with Crippen molar-refractivity contribution in [2.75, 3.05) is 25.0 Å². The molecule has 0 bridgehead atoms. The van der Waals surface area contributed by atoms with Gasteiger partial charge in [0.15, 0.2) is 0 Å². The van der Waals surface area contributed by atoms with Crippen molar-refractivity contribution < 1.29 is 19.1 Å². The first kappa shape index (κ1) is 19.0. The number of aromatic amines is 1. The van der Waals surface area contributed by atoms with Crippen LogP contribution >= 0.6 is 0 Å². The van der Waals surface area contributed by atoms with Crippen molar-refractivity contribution in [3.05, 3.63) is 11.8 Å². The van der Waals surface area contributed by atoms with Crippen molar-refractivity contribution in [1.29, 1.82) is 0 Å². The van der Waals surface area contributed by atoms with E-state index in [4.69, 9.17) is 9.47 Å². The van der Waals surface area contributed by atoms with Gasteiger partial charge in [-0.05, 0) is 39.5 Å². The highest BCUT2D eigenvalue weighted by atomic mass is 16.6. The molecule has 3 fully saturated rings. The zero-order chi connectivity index (χ0) is 19.7. The summed E-state index contributed by atoms with van der Waals surface area (Å²) in [4.78, 5) is 26.2. The van der Waals surface area contributed by atoms with Crippen LogP contribution in [0.3, 0.4) is 0 Å². The van der Waals surface area contributed by atoms with E-state index in [0.717, 1.165) is 44.5 Å². The van der Waals surface area contributed by atoms with Crippen molar-refractivity contribution in [3.63, 3.8) is 0 Å². The molecular weight excluding hydrogens is 362 g/mol. The molecule has 1 aromatic heterocycles. The summed E-state index contributed by atoms with van der Waals surface area (Å²) < 4.78 is 11.2. The smallest absolute Gasteiger partial charge is 0.407 e. The van der Waals surface area contributed by atoms with Gasteiger partial charge < -0.3 is 25.0 Å². The first-order valence-electron chi connectivity index (χ1n) is 10.1. The Kier molecular flexibility index (Phi) is 5.18. The van der Waals surface area contributed by atoms with E-state index in [0.29, 0.717) is 18.8 Å². The van der Waals surface area contributed by atoms with E-state index in [1.807, 2.05) is 24.8 Å². The molecule has 3 aliphatic rings. The molecule has 2 amide bonds. The van der Waals surface area contributed by atoms with Gasteiger partial charge in [-0.25, -0.2) is 4.79 Å². The lowest BCUT2D eigenvalue weighted by molar-refractivity contribution is -0.130. The van der Waals surface area contributed by atoms with Gasteiger partial charge >= 0.3 is 6.09 Å². The van der Waals surface area contributed by atoms with Crippen molar-refractivity contribution in [1.82, 2.24) is 20.4 Å². The number of nitrogens with zero attached hydrogens (tertiary/aromatic N) is 2. The molecule has 4 rings (SSSR count). The summed E-state index contributed by atoms with van der Waals surface area (Å²) in [5, 5.41) is 13.3.